The zero-order valence-electron chi connectivity index (χ0n) is 16.6. The SMILES string of the molecule is C=CCN(C(=O)Cc1cnc[nH]1)c1cc2c(=O)n(NS(C)(=O)=O)c(=O)[nH]c2cc1[N+](=O)[O-]. The van der Waals surface area contributed by atoms with E-state index < -0.39 is 37.8 Å². The first-order chi connectivity index (χ1) is 15.0. The van der Waals surface area contributed by atoms with Gasteiger partial charge in [0.2, 0.25) is 15.9 Å². The molecule has 1 amide bonds. The molecule has 1 aromatic carbocycles. The third-order valence-electron chi connectivity index (χ3n) is 4.25. The summed E-state index contributed by atoms with van der Waals surface area (Å²) >= 11 is 0. The first-order valence-electron chi connectivity index (χ1n) is 8.85. The summed E-state index contributed by atoms with van der Waals surface area (Å²) in [4.78, 5) is 60.3. The number of H-pyrrole nitrogens is 2. The van der Waals surface area contributed by atoms with Crippen LogP contribution in [-0.4, -0.2) is 51.7 Å². The van der Waals surface area contributed by atoms with Crippen LogP contribution in [0, 0.1) is 10.1 Å². The summed E-state index contributed by atoms with van der Waals surface area (Å²) in [7, 11) is -3.99. The highest BCUT2D eigenvalue weighted by Gasteiger charge is 2.26. The van der Waals surface area contributed by atoms with Crippen LogP contribution in [0.1, 0.15) is 5.69 Å². The van der Waals surface area contributed by atoms with Crippen LogP contribution < -0.4 is 21.0 Å². The minimum Gasteiger partial charge on any atom is -0.348 e. The molecule has 15 heteroatoms. The number of amides is 1. The molecule has 0 fully saturated rings. The number of hydrogen-bond donors (Lipinski definition) is 3. The van der Waals surface area contributed by atoms with E-state index in [1.807, 2.05) is 0 Å². The normalized spacial score (nSPS) is 11.3. The Bertz CT molecular complexity index is 1440. The number of nitro groups is 1. The van der Waals surface area contributed by atoms with Crippen LogP contribution >= 0.6 is 0 Å². The Hall–Kier alpha value is -4.27. The summed E-state index contributed by atoms with van der Waals surface area (Å²) in [5.74, 6) is -0.560. The number of nitro benzene ring substituents is 1. The van der Waals surface area contributed by atoms with Crippen LogP contribution in [-0.2, 0) is 21.2 Å². The van der Waals surface area contributed by atoms with E-state index in [1.165, 1.54) is 18.6 Å². The van der Waals surface area contributed by atoms with Crippen molar-refractivity contribution in [2.45, 2.75) is 6.42 Å². The number of fused-ring (bicyclic) bond motifs is 1. The highest BCUT2D eigenvalue weighted by molar-refractivity contribution is 7.91. The predicted molar refractivity (Wildman–Crippen MR) is 115 cm³/mol. The van der Waals surface area contributed by atoms with Gasteiger partial charge in [0.25, 0.3) is 11.2 Å². The lowest BCUT2D eigenvalue weighted by atomic mass is 10.1. The highest BCUT2D eigenvalue weighted by atomic mass is 32.2. The number of anilines is 1. The molecule has 32 heavy (non-hydrogen) atoms. The van der Waals surface area contributed by atoms with Crippen molar-refractivity contribution in [1.82, 2.24) is 19.6 Å². The minimum absolute atomic E-state index is 0.127. The van der Waals surface area contributed by atoms with E-state index in [2.05, 4.69) is 21.5 Å². The van der Waals surface area contributed by atoms with Crippen LogP contribution in [0.15, 0.2) is 46.9 Å². The summed E-state index contributed by atoms with van der Waals surface area (Å²) in [5.41, 5.74) is -2.76. The molecule has 0 radical (unpaired) electrons. The van der Waals surface area contributed by atoms with E-state index in [-0.39, 0.29) is 34.2 Å². The molecule has 0 spiro atoms. The number of benzene rings is 1. The molecule has 0 aliphatic heterocycles. The lowest BCUT2D eigenvalue weighted by molar-refractivity contribution is -0.384. The number of imidazole rings is 1. The number of sulfonamides is 1. The van der Waals surface area contributed by atoms with Crippen molar-refractivity contribution < 1.29 is 18.1 Å². The molecule has 0 saturated carbocycles. The van der Waals surface area contributed by atoms with Gasteiger partial charge in [0.15, 0.2) is 0 Å². The number of aromatic nitrogens is 4. The summed E-state index contributed by atoms with van der Waals surface area (Å²) in [5, 5.41) is 11.4. The molecule has 0 aliphatic carbocycles. The predicted octanol–water partition coefficient (Wildman–Crippen LogP) is -0.414. The van der Waals surface area contributed by atoms with Crippen molar-refractivity contribution in [3.63, 3.8) is 0 Å². The second-order valence-electron chi connectivity index (χ2n) is 6.62. The quantitative estimate of drug-likeness (QED) is 0.228. The van der Waals surface area contributed by atoms with E-state index in [9.17, 15) is 32.9 Å². The van der Waals surface area contributed by atoms with Gasteiger partial charge in [0, 0.05) is 24.5 Å². The third-order valence-corrected chi connectivity index (χ3v) is 4.76. The number of aromatic amines is 2. The van der Waals surface area contributed by atoms with Gasteiger partial charge >= 0.3 is 5.69 Å². The zero-order chi connectivity index (χ0) is 23.6. The Labute approximate surface area is 179 Å². The van der Waals surface area contributed by atoms with Crippen LogP contribution in [0.5, 0.6) is 0 Å². The Balaban J connectivity index is 2.24. The fourth-order valence-corrected chi connectivity index (χ4v) is 3.45. The highest BCUT2D eigenvalue weighted by Crippen LogP contribution is 2.31. The average Bonchev–Trinajstić information content (AvgIpc) is 3.20. The van der Waals surface area contributed by atoms with Gasteiger partial charge in [0.1, 0.15) is 5.69 Å². The van der Waals surface area contributed by atoms with Crippen molar-refractivity contribution in [2.75, 3.05) is 22.5 Å². The van der Waals surface area contributed by atoms with E-state index in [1.54, 1.807) is 4.83 Å². The second kappa shape index (κ2) is 8.46. The van der Waals surface area contributed by atoms with Gasteiger partial charge in [0.05, 0.1) is 34.8 Å². The molecule has 0 aliphatic rings. The Morgan fingerprint density at radius 1 is 1.41 bits per heavy atom. The number of rotatable bonds is 8. The van der Waals surface area contributed by atoms with Gasteiger partial charge in [-0.1, -0.05) is 6.08 Å². The number of nitrogens with zero attached hydrogens (tertiary/aromatic N) is 4. The Kier molecular flexibility index (Phi) is 5.93. The van der Waals surface area contributed by atoms with Crippen molar-refractivity contribution >= 4 is 38.2 Å². The fraction of sp³-hybridized carbons (Fsp3) is 0.176. The average molecular weight is 463 g/mol. The van der Waals surface area contributed by atoms with Gasteiger partial charge in [-0.05, 0) is 6.07 Å². The maximum absolute atomic E-state index is 12.9. The van der Waals surface area contributed by atoms with Gasteiger partial charge in [-0.2, -0.15) is 4.68 Å². The van der Waals surface area contributed by atoms with Crippen LogP contribution in [0.25, 0.3) is 10.9 Å². The first kappa shape index (κ1) is 22.4. The van der Waals surface area contributed by atoms with Gasteiger partial charge < -0.3 is 14.9 Å². The van der Waals surface area contributed by atoms with E-state index in [0.717, 1.165) is 23.3 Å². The summed E-state index contributed by atoms with van der Waals surface area (Å²) in [6.07, 6.45) is 4.69. The molecule has 0 atom stereocenters. The standard InChI is InChI=1S/C17H17N7O7S/c1-3-4-22(15(25)5-10-8-18-9-19-10)13-6-11-12(7-14(13)24(28)29)20-17(27)23(16(11)26)21-32(2,30)31/h3,6-9,21H,1,4-5H2,2H3,(H,18,19)(H,20,27). The lowest BCUT2D eigenvalue weighted by Gasteiger charge is -2.21. The summed E-state index contributed by atoms with van der Waals surface area (Å²) in [6, 6.07) is 1.97. The molecule has 14 nitrogen and oxygen atoms in total. The first-order valence-corrected chi connectivity index (χ1v) is 10.7. The van der Waals surface area contributed by atoms with Gasteiger partial charge in [-0.25, -0.2) is 23.0 Å². The zero-order valence-corrected chi connectivity index (χ0v) is 17.4. The second-order valence-corrected chi connectivity index (χ2v) is 8.35. The molecule has 2 aromatic heterocycles. The van der Waals surface area contributed by atoms with Crippen molar-refractivity contribution in [3.8, 4) is 0 Å². The third kappa shape index (κ3) is 4.56. The van der Waals surface area contributed by atoms with Gasteiger partial charge in [-0.3, -0.25) is 19.7 Å². The summed E-state index contributed by atoms with van der Waals surface area (Å²) < 4.78 is 23.2. The van der Waals surface area contributed by atoms with Crippen LogP contribution in [0.2, 0.25) is 0 Å². The van der Waals surface area contributed by atoms with Crippen molar-refractivity contribution in [3.05, 3.63) is 74.0 Å². The number of hydrogen-bond acceptors (Lipinski definition) is 8. The largest absolute Gasteiger partial charge is 0.348 e. The molecule has 0 bridgehead atoms. The molecule has 3 aromatic rings. The number of nitrogens with one attached hydrogen (secondary N) is 3. The minimum atomic E-state index is -3.99. The number of carbonyl (C=O) groups is 1. The Morgan fingerprint density at radius 2 is 2.12 bits per heavy atom. The monoisotopic (exact) mass is 463 g/mol. The molecule has 0 saturated heterocycles. The van der Waals surface area contributed by atoms with Gasteiger partial charge in [-0.15, -0.1) is 6.58 Å². The van der Waals surface area contributed by atoms with Crippen molar-refractivity contribution in [1.29, 1.82) is 0 Å². The topological polar surface area (TPSA) is 193 Å². The van der Waals surface area contributed by atoms with Crippen LogP contribution in [0.3, 0.4) is 0 Å². The molecule has 2 heterocycles. The molecule has 3 rings (SSSR count). The summed E-state index contributed by atoms with van der Waals surface area (Å²) in [6.45, 7) is 3.43. The van der Waals surface area contributed by atoms with Crippen LogP contribution in [0.4, 0.5) is 11.4 Å². The number of carbonyl (C=O) groups excluding carboxylic acids is 1. The Morgan fingerprint density at radius 3 is 2.69 bits per heavy atom. The molecule has 0 unspecified atom stereocenters. The van der Waals surface area contributed by atoms with E-state index in [0.29, 0.717) is 5.69 Å². The maximum atomic E-state index is 12.9. The van der Waals surface area contributed by atoms with Crippen molar-refractivity contribution in [2.24, 2.45) is 0 Å². The lowest BCUT2D eigenvalue weighted by Crippen LogP contribution is -2.43. The smallest absolute Gasteiger partial charge is 0.348 e. The maximum Gasteiger partial charge on any atom is 0.348 e. The molecular weight excluding hydrogens is 446 g/mol. The molecular formula is C17H17N7O7S. The fourth-order valence-electron chi connectivity index (χ4n) is 2.96. The van der Waals surface area contributed by atoms with E-state index in [4.69, 9.17) is 0 Å². The molecule has 3 N–H and O–H groups in total. The molecule has 168 valence electrons. The van der Waals surface area contributed by atoms with E-state index >= 15 is 0 Å².